The van der Waals surface area contributed by atoms with Crippen LogP contribution in [0.25, 0.3) is 0 Å². The van der Waals surface area contributed by atoms with E-state index in [0.717, 1.165) is 38.5 Å². The van der Waals surface area contributed by atoms with Gasteiger partial charge in [0.25, 0.3) is 0 Å². The molecule has 1 saturated heterocycles. The SMILES string of the molecule is O=C1OC(CC2CCCCC2)C(=O)/C1=C(\O)C1CCCCC1. The van der Waals surface area contributed by atoms with E-state index in [1.54, 1.807) is 0 Å². The number of ketones is 1. The van der Waals surface area contributed by atoms with Gasteiger partial charge in [-0.1, -0.05) is 51.4 Å². The zero-order valence-corrected chi connectivity index (χ0v) is 13.2. The van der Waals surface area contributed by atoms with Gasteiger partial charge in [0.1, 0.15) is 11.3 Å². The van der Waals surface area contributed by atoms with E-state index in [4.69, 9.17) is 4.74 Å². The smallest absolute Gasteiger partial charge is 0.346 e. The first-order valence-electron chi connectivity index (χ1n) is 8.85. The molecule has 3 aliphatic rings. The van der Waals surface area contributed by atoms with Crippen LogP contribution >= 0.6 is 0 Å². The molecule has 0 aromatic rings. The van der Waals surface area contributed by atoms with E-state index in [0.29, 0.717) is 12.3 Å². The van der Waals surface area contributed by atoms with E-state index in [1.807, 2.05) is 0 Å². The van der Waals surface area contributed by atoms with Crippen molar-refractivity contribution in [2.45, 2.75) is 76.7 Å². The Hall–Kier alpha value is -1.32. The first-order valence-corrected chi connectivity index (χ1v) is 8.85. The third-order valence-electron chi connectivity index (χ3n) is 5.51. The fourth-order valence-corrected chi connectivity index (χ4v) is 4.19. The second kappa shape index (κ2) is 6.84. The molecule has 22 heavy (non-hydrogen) atoms. The molecule has 0 radical (unpaired) electrons. The van der Waals surface area contributed by atoms with Gasteiger partial charge >= 0.3 is 5.97 Å². The normalized spacial score (nSPS) is 30.5. The van der Waals surface area contributed by atoms with Crippen LogP contribution in [0.2, 0.25) is 0 Å². The zero-order chi connectivity index (χ0) is 15.5. The number of carbonyl (C=O) groups excluding carboxylic acids is 2. The summed E-state index contributed by atoms with van der Waals surface area (Å²) in [6, 6.07) is 0. The fourth-order valence-electron chi connectivity index (χ4n) is 4.19. The molecule has 3 fully saturated rings. The van der Waals surface area contributed by atoms with Crippen molar-refractivity contribution in [3.05, 3.63) is 11.3 Å². The Morgan fingerprint density at radius 3 is 2.18 bits per heavy atom. The molecule has 1 heterocycles. The average molecular weight is 306 g/mol. The van der Waals surface area contributed by atoms with E-state index in [-0.39, 0.29) is 23.0 Å². The largest absolute Gasteiger partial charge is 0.511 e. The van der Waals surface area contributed by atoms with Gasteiger partial charge in [0, 0.05) is 5.92 Å². The van der Waals surface area contributed by atoms with Gasteiger partial charge in [-0.3, -0.25) is 4.79 Å². The van der Waals surface area contributed by atoms with Crippen molar-refractivity contribution in [1.82, 2.24) is 0 Å². The number of hydrogen-bond donors (Lipinski definition) is 1. The van der Waals surface area contributed by atoms with Crippen molar-refractivity contribution in [3.8, 4) is 0 Å². The van der Waals surface area contributed by atoms with Gasteiger partial charge in [-0.05, 0) is 25.2 Å². The van der Waals surface area contributed by atoms with Crippen LogP contribution in [0.1, 0.15) is 70.6 Å². The number of rotatable bonds is 3. The summed E-state index contributed by atoms with van der Waals surface area (Å²) in [4.78, 5) is 24.6. The molecule has 1 aliphatic heterocycles. The van der Waals surface area contributed by atoms with E-state index >= 15 is 0 Å². The van der Waals surface area contributed by atoms with Crippen LogP contribution in [-0.4, -0.2) is 23.0 Å². The maximum Gasteiger partial charge on any atom is 0.346 e. The summed E-state index contributed by atoms with van der Waals surface area (Å²) >= 11 is 0. The second-order valence-corrected chi connectivity index (χ2v) is 7.09. The minimum atomic E-state index is -0.656. The molecule has 0 aromatic carbocycles. The molecule has 1 unspecified atom stereocenters. The van der Waals surface area contributed by atoms with Gasteiger partial charge in [0.15, 0.2) is 6.10 Å². The molecule has 0 amide bonds. The first kappa shape index (κ1) is 15.6. The van der Waals surface area contributed by atoms with Crippen molar-refractivity contribution in [2.75, 3.05) is 0 Å². The third kappa shape index (κ3) is 3.21. The topological polar surface area (TPSA) is 63.6 Å². The van der Waals surface area contributed by atoms with Crippen LogP contribution in [0.4, 0.5) is 0 Å². The van der Waals surface area contributed by atoms with Crippen LogP contribution < -0.4 is 0 Å². The predicted octanol–water partition coefficient (Wildman–Crippen LogP) is 3.84. The molecule has 2 aliphatic carbocycles. The molecule has 2 saturated carbocycles. The Kier molecular flexibility index (Phi) is 4.84. The number of Topliss-reactive ketones (excluding diaryl/α,β-unsaturated/α-hetero) is 1. The van der Waals surface area contributed by atoms with E-state index in [1.165, 1.54) is 25.7 Å². The monoisotopic (exact) mass is 306 g/mol. The highest BCUT2D eigenvalue weighted by molar-refractivity contribution is 6.23. The summed E-state index contributed by atoms with van der Waals surface area (Å²) in [6.45, 7) is 0. The summed E-state index contributed by atoms with van der Waals surface area (Å²) < 4.78 is 5.29. The number of esters is 1. The molecule has 4 heteroatoms. The van der Waals surface area contributed by atoms with Gasteiger partial charge in [-0.2, -0.15) is 0 Å². The first-order chi connectivity index (χ1) is 10.7. The van der Waals surface area contributed by atoms with Gasteiger partial charge in [-0.25, -0.2) is 4.79 Å². The standard InChI is InChI=1S/C18H26O4/c19-16(13-9-5-2-6-10-13)15-17(20)14(22-18(15)21)11-12-7-3-1-4-8-12/h12-14,19H,1-11H2/b16-15+. The van der Waals surface area contributed by atoms with Gasteiger partial charge in [0.2, 0.25) is 5.78 Å². The lowest BCUT2D eigenvalue weighted by molar-refractivity contribution is -0.141. The summed E-state index contributed by atoms with van der Waals surface area (Å²) in [6.07, 6.45) is 10.9. The van der Waals surface area contributed by atoms with Crippen molar-refractivity contribution < 1.29 is 19.4 Å². The Morgan fingerprint density at radius 2 is 1.55 bits per heavy atom. The van der Waals surface area contributed by atoms with Crippen LogP contribution in [0.5, 0.6) is 0 Å². The number of cyclic esters (lactones) is 1. The lowest BCUT2D eigenvalue weighted by atomic mass is 9.83. The highest BCUT2D eigenvalue weighted by Crippen LogP contribution is 2.35. The van der Waals surface area contributed by atoms with Gasteiger partial charge in [-0.15, -0.1) is 0 Å². The fraction of sp³-hybridized carbons (Fsp3) is 0.778. The maximum atomic E-state index is 12.5. The minimum absolute atomic E-state index is 0.000782. The summed E-state index contributed by atoms with van der Waals surface area (Å²) in [7, 11) is 0. The molecule has 1 atom stereocenters. The van der Waals surface area contributed by atoms with Crippen LogP contribution in [-0.2, 0) is 14.3 Å². The summed E-state index contributed by atoms with van der Waals surface area (Å²) in [5.74, 6) is -0.436. The molecular weight excluding hydrogens is 280 g/mol. The predicted molar refractivity (Wildman–Crippen MR) is 82.3 cm³/mol. The number of hydrogen-bond acceptors (Lipinski definition) is 4. The minimum Gasteiger partial charge on any atom is -0.511 e. The zero-order valence-electron chi connectivity index (χ0n) is 13.2. The van der Waals surface area contributed by atoms with Gasteiger partial charge in [0.05, 0.1) is 0 Å². The van der Waals surface area contributed by atoms with Crippen LogP contribution in [0.15, 0.2) is 11.3 Å². The van der Waals surface area contributed by atoms with Crippen LogP contribution in [0, 0.1) is 11.8 Å². The molecule has 1 N–H and O–H groups in total. The number of aliphatic hydroxyl groups excluding tert-OH is 1. The molecule has 122 valence electrons. The maximum absolute atomic E-state index is 12.5. The average Bonchev–Trinajstić information content (AvgIpc) is 2.82. The lowest BCUT2D eigenvalue weighted by Crippen LogP contribution is -2.23. The van der Waals surface area contributed by atoms with E-state index in [9.17, 15) is 14.7 Å². The number of carbonyl (C=O) groups is 2. The Morgan fingerprint density at radius 1 is 0.955 bits per heavy atom. The Labute approximate surface area is 131 Å². The van der Waals surface area contributed by atoms with E-state index < -0.39 is 12.1 Å². The molecule has 4 nitrogen and oxygen atoms in total. The van der Waals surface area contributed by atoms with E-state index in [2.05, 4.69) is 0 Å². The Bertz CT molecular complexity index is 467. The van der Waals surface area contributed by atoms with Crippen molar-refractivity contribution in [1.29, 1.82) is 0 Å². The molecule has 0 aromatic heterocycles. The van der Waals surface area contributed by atoms with Crippen molar-refractivity contribution >= 4 is 11.8 Å². The van der Waals surface area contributed by atoms with Crippen LogP contribution in [0.3, 0.4) is 0 Å². The molecule has 0 spiro atoms. The number of aliphatic hydroxyl groups is 1. The molecule has 3 rings (SSSR count). The summed E-state index contributed by atoms with van der Waals surface area (Å²) in [5, 5.41) is 10.4. The number of ether oxygens (including phenoxy) is 1. The quantitative estimate of drug-likeness (QED) is 0.372. The van der Waals surface area contributed by atoms with Gasteiger partial charge < -0.3 is 9.84 Å². The third-order valence-corrected chi connectivity index (χ3v) is 5.51. The Balaban J connectivity index is 1.70. The summed E-state index contributed by atoms with van der Waals surface area (Å²) in [5.41, 5.74) is -0.0484. The lowest BCUT2D eigenvalue weighted by Gasteiger charge is -2.23. The van der Waals surface area contributed by atoms with Crippen molar-refractivity contribution in [3.63, 3.8) is 0 Å². The molecular formula is C18H26O4. The second-order valence-electron chi connectivity index (χ2n) is 7.09. The highest BCUT2D eigenvalue weighted by Gasteiger charge is 2.43. The highest BCUT2D eigenvalue weighted by atomic mass is 16.6. The number of allylic oxidation sites excluding steroid dienone is 1. The molecule has 0 bridgehead atoms. The van der Waals surface area contributed by atoms with Crippen molar-refractivity contribution in [2.24, 2.45) is 11.8 Å².